The first-order chi connectivity index (χ1) is 25.3. The number of para-hydroxylation sites is 1. The van der Waals surface area contributed by atoms with E-state index in [1.54, 1.807) is 11.8 Å². The first-order valence-corrected chi connectivity index (χ1v) is 17.8. The zero-order valence-electron chi connectivity index (χ0n) is 27.4. The Bertz CT molecular complexity index is 2690. The minimum absolute atomic E-state index is 0.554. The molecule has 9 aromatic rings. The van der Waals surface area contributed by atoms with Crippen molar-refractivity contribution in [3.8, 4) is 34.2 Å². The fourth-order valence-electron chi connectivity index (χ4n) is 7.61. The second-order valence-electron chi connectivity index (χ2n) is 12.7. The van der Waals surface area contributed by atoms with E-state index in [4.69, 9.17) is 19.4 Å². The van der Waals surface area contributed by atoms with Gasteiger partial charge in [0.25, 0.3) is 0 Å². The van der Waals surface area contributed by atoms with E-state index in [0.717, 1.165) is 43.5 Å². The molecular weight excluding hydrogens is 643 g/mol. The predicted octanol–water partition coefficient (Wildman–Crippen LogP) is 11.6. The molecule has 0 amide bonds. The quantitative estimate of drug-likeness (QED) is 0.182. The SMILES string of the molecule is c1ccc(-c2nc(-c3ccc4oc5ccccc5c4c3)nc(-c3cccc4c3Sc3ccccc3C4(c3ccccc3)c3ccccc3)n2)cc1. The molecule has 1 aliphatic heterocycles. The van der Waals surface area contributed by atoms with Crippen molar-refractivity contribution in [2.45, 2.75) is 15.2 Å². The molecule has 0 saturated heterocycles. The Morgan fingerprint density at radius 2 is 1.02 bits per heavy atom. The van der Waals surface area contributed by atoms with Crippen LogP contribution in [0.4, 0.5) is 0 Å². The van der Waals surface area contributed by atoms with Gasteiger partial charge in [0.05, 0.1) is 5.41 Å². The van der Waals surface area contributed by atoms with Gasteiger partial charge in [0.1, 0.15) is 11.2 Å². The Kier molecular flexibility index (Phi) is 6.93. The van der Waals surface area contributed by atoms with E-state index in [-0.39, 0.29) is 0 Å². The van der Waals surface area contributed by atoms with Crippen LogP contribution in [0.2, 0.25) is 0 Å². The van der Waals surface area contributed by atoms with Crippen molar-refractivity contribution in [1.82, 2.24) is 15.0 Å². The van der Waals surface area contributed by atoms with Gasteiger partial charge >= 0.3 is 0 Å². The lowest BCUT2D eigenvalue weighted by Gasteiger charge is -2.42. The maximum atomic E-state index is 6.16. The molecule has 10 rings (SSSR count). The minimum atomic E-state index is -0.554. The second kappa shape index (κ2) is 11.9. The third-order valence-electron chi connectivity index (χ3n) is 9.88. The van der Waals surface area contributed by atoms with Crippen LogP contribution in [0.1, 0.15) is 22.3 Å². The zero-order chi connectivity index (χ0) is 33.8. The fourth-order valence-corrected chi connectivity index (χ4v) is 8.91. The summed E-state index contributed by atoms with van der Waals surface area (Å²) >= 11 is 1.79. The Balaban J connectivity index is 1.24. The molecule has 2 aromatic heterocycles. The van der Waals surface area contributed by atoms with Gasteiger partial charge in [-0.05, 0) is 52.6 Å². The molecule has 0 N–H and O–H groups in total. The molecule has 1 aliphatic rings. The third-order valence-corrected chi connectivity index (χ3v) is 11.1. The summed E-state index contributed by atoms with van der Waals surface area (Å²) in [4.78, 5) is 17.9. The summed E-state index contributed by atoms with van der Waals surface area (Å²) in [5.74, 6) is 1.88. The van der Waals surface area contributed by atoms with E-state index in [0.29, 0.717) is 17.5 Å². The molecule has 4 nitrogen and oxygen atoms in total. The van der Waals surface area contributed by atoms with Gasteiger partial charge in [0.15, 0.2) is 17.5 Å². The van der Waals surface area contributed by atoms with Crippen LogP contribution in [-0.2, 0) is 5.41 Å². The highest BCUT2D eigenvalue weighted by Crippen LogP contribution is 2.57. The first-order valence-electron chi connectivity index (χ1n) is 17.0. The average molecular weight is 672 g/mol. The highest BCUT2D eigenvalue weighted by atomic mass is 32.2. The molecule has 5 heteroatoms. The van der Waals surface area contributed by atoms with Gasteiger partial charge in [-0.15, -0.1) is 0 Å². The van der Waals surface area contributed by atoms with Crippen LogP contribution in [0.3, 0.4) is 0 Å². The normalized spacial score (nSPS) is 13.2. The molecule has 0 unspecified atom stereocenters. The Morgan fingerprint density at radius 1 is 0.431 bits per heavy atom. The summed E-state index contributed by atoms with van der Waals surface area (Å²) in [5.41, 5.74) is 8.84. The average Bonchev–Trinajstić information content (AvgIpc) is 3.59. The molecule has 0 radical (unpaired) electrons. The summed E-state index contributed by atoms with van der Waals surface area (Å²) in [7, 11) is 0. The van der Waals surface area contributed by atoms with Crippen LogP contribution >= 0.6 is 11.8 Å². The van der Waals surface area contributed by atoms with Crippen molar-refractivity contribution < 1.29 is 4.42 Å². The summed E-state index contributed by atoms with van der Waals surface area (Å²) < 4.78 is 6.16. The highest BCUT2D eigenvalue weighted by Gasteiger charge is 2.45. The lowest BCUT2D eigenvalue weighted by atomic mass is 9.64. The van der Waals surface area contributed by atoms with E-state index in [1.165, 1.54) is 27.1 Å². The van der Waals surface area contributed by atoms with Crippen molar-refractivity contribution in [2.24, 2.45) is 0 Å². The van der Waals surface area contributed by atoms with Gasteiger partial charge < -0.3 is 4.42 Å². The number of fused-ring (bicyclic) bond motifs is 5. The minimum Gasteiger partial charge on any atom is -0.456 e. The molecule has 0 bridgehead atoms. The maximum absolute atomic E-state index is 6.16. The van der Waals surface area contributed by atoms with Gasteiger partial charge in [-0.25, -0.2) is 15.0 Å². The third kappa shape index (κ3) is 4.73. The molecule has 3 heterocycles. The number of hydrogen-bond donors (Lipinski definition) is 0. The Hall–Kier alpha value is -6.30. The van der Waals surface area contributed by atoms with Crippen LogP contribution in [0.25, 0.3) is 56.1 Å². The van der Waals surface area contributed by atoms with Crippen LogP contribution < -0.4 is 0 Å². The lowest BCUT2D eigenvalue weighted by molar-refractivity contribution is 0.669. The second-order valence-corrected chi connectivity index (χ2v) is 13.8. The molecule has 0 fully saturated rings. The molecular formula is C46H29N3OS. The van der Waals surface area contributed by atoms with E-state index in [2.05, 4.69) is 127 Å². The summed E-state index contributed by atoms with van der Waals surface area (Å²) in [6.07, 6.45) is 0. The number of benzene rings is 7. The molecule has 240 valence electrons. The van der Waals surface area contributed by atoms with Gasteiger partial charge in [-0.1, -0.05) is 157 Å². The van der Waals surface area contributed by atoms with Crippen molar-refractivity contribution in [3.63, 3.8) is 0 Å². The fraction of sp³-hybridized carbons (Fsp3) is 0.0217. The van der Waals surface area contributed by atoms with E-state index in [1.807, 2.05) is 48.5 Å². The standard InChI is InChI=1S/C46H29N3OS/c1-4-15-30(16-5-1)43-47-44(31-27-28-40-36(29-31)34-21-10-12-25-39(34)50-40)49-45(48-43)35-22-14-24-38-42(35)51-41-26-13-11-23-37(41)46(38,32-17-6-2-7-18-32)33-19-8-3-9-20-33/h1-29H. The van der Waals surface area contributed by atoms with E-state index >= 15 is 0 Å². The van der Waals surface area contributed by atoms with Crippen molar-refractivity contribution in [2.75, 3.05) is 0 Å². The van der Waals surface area contributed by atoms with E-state index in [9.17, 15) is 0 Å². The summed E-state index contributed by atoms with van der Waals surface area (Å²) in [5, 5.41) is 2.10. The molecule has 51 heavy (non-hydrogen) atoms. The Morgan fingerprint density at radius 3 is 1.78 bits per heavy atom. The number of furan rings is 1. The van der Waals surface area contributed by atoms with Crippen molar-refractivity contribution >= 4 is 33.7 Å². The topological polar surface area (TPSA) is 51.8 Å². The van der Waals surface area contributed by atoms with Crippen LogP contribution in [0.15, 0.2) is 190 Å². The van der Waals surface area contributed by atoms with Gasteiger partial charge in [-0.2, -0.15) is 0 Å². The number of hydrogen-bond acceptors (Lipinski definition) is 5. The molecule has 0 atom stereocenters. The summed E-state index contributed by atoms with van der Waals surface area (Å²) in [6.45, 7) is 0. The zero-order valence-corrected chi connectivity index (χ0v) is 28.2. The monoisotopic (exact) mass is 671 g/mol. The first kappa shape index (κ1) is 29.6. The molecule has 0 spiro atoms. The maximum Gasteiger partial charge on any atom is 0.165 e. The largest absolute Gasteiger partial charge is 0.456 e. The van der Waals surface area contributed by atoms with Gasteiger partial charge in [0.2, 0.25) is 0 Å². The predicted molar refractivity (Wildman–Crippen MR) is 206 cm³/mol. The smallest absolute Gasteiger partial charge is 0.165 e. The molecule has 7 aromatic carbocycles. The number of rotatable bonds is 5. The van der Waals surface area contributed by atoms with Gasteiger partial charge in [0, 0.05) is 37.3 Å². The summed E-state index contributed by atoms with van der Waals surface area (Å²) in [6, 6.07) is 61.6. The van der Waals surface area contributed by atoms with Crippen LogP contribution in [0.5, 0.6) is 0 Å². The number of aromatic nitrogens is 3. The van der Waals surface area contributed by atoms with Crippen molar-refractivity contribution in [3.05, 3.63) is 198 Å². The highest BCUT2D eigenvalue weighted by molar-refractivity contribution is 7.99. The molecule has 0 aliphatic carbocycles. The Labute approximate surface area is 299 Å². The van der Waals surface area contributed by atoms with Crippen LogP contribution in [0, 0.1) is 0 Å². The molecule has 0 saturated carbocycles. The van der Waals surface area contributed by atoms with Crippen LogP contribution in [-0.4, -0.2) is 15.0 Å². The van der Waals surface area contributed by atoms with E-state index < -0.39 is 5.41 Å². The number of nitrogens with zero attached hydrogens (tertiary/aromatic N) is 3. The lowest BCUT2D eigenvalue weighted by Crippen LogP contribution is -2.34. The van der Waals surface area contributed by atoms with Gasteiger partial charge in [-0.3, -0.25) is 0 Å². The van der Waals surface area contributed by atoms with Crippen molar-refractivity contribution in [1.29, 1.82) is 0 Å².